The van der Waals surface area contributed by atoms with Gasteiger partial charge in [0.1, 0.15) is 5.75 Å². The topological polar surface area (TPSA) is 35.2 Å². The van der Waals surface area contributed by atoms with Crippen LogP contribution in [0.5, 0.6) is 5.75 Å². The van der Waals surface area contributed by atoms with Gasteiger partial charge in [-0.25, -0.2) is 0 Å². The lowest BCUT2D eigenvalue weighted by atomic mass is 9.97. The van der Waals surface area contributed by atoms with Crippen LogP contribution in [0.1, 0.15) is 27.6 Å². The molecule has 0 radical (unpaired) electrons. The van der Waals surface area contributed by atoms with E-state index in [0.717, 1.165) is 16.2 Å². The molecule has 0 aliphatic heterocycles. The zero-order valence-electron chi connectivity index (χ0n) is 10.4. The number of methoxy groups -OCH3 is 1. The average molecular weight is 247 g/mol. The van der Waals surface area contributed by atoms with Crippen molar-refractivity contribution >= 4 is 11.3 Å². The molecule has 1 heterocycles. The molecule has 3 heteroatoms. The predicted octanol–water partition coefficient (Wildman–Crippen LogP) is 3.42. The van der Waals surface area contributed by atoms with E-state index in [9.17, 15) is 0 Å². The molecule has 0 saturated heterocycles. The molecule has 0 saturated carbocycles. The zero-order valence-corrected chi connectivity index (χ0v) is 11.2. The van der Waals surface area contributed by atoms with Crippen molar-refractivity contribution in [3.8, 4) is 5.75 Å². The highest BCUT2D eigenvalue weighted by Gasteiger charge is 2.17. The fourth-order valence-electron chi connectivity index (χ4n) is 2.12. The van der Waals surface area contributed by atoms with Crippen molar-refractivity contribution in [1.29, 1.82) is 0 Å². The molecule has 1 unspecified atom stereocenters. The maximum Gasteiger partial charge on any atom is 0.124 e. The maximum absolute atomic E-state index is 6.32. The standard InChI is InChI=1S/C14H17NOS/c1-9-7-10(2)13(11(8-9)16-3)14(15)12-5-4-6-17-12/h4-8,14H,15H2,1-3H3. The highest BCUT2D eigenvalue weighted by atomic mass is 32.1. The predicted molar refractivity (Wildman–Crippen MR) is 72.8 cm³/mol. The molecule has 0 aliphatic rings. The molecule has 0 spiro atoms. The third-order valence-corrected chi connectivity index (χ3v) is 3.83. The molecule has 1 atom stereocenters. The smallest absolute Gasteiger partial charge is 0.124 e. The summed E-state index contributed by atoms with van der Waals surface area (Å²) in [7, 11) is 1.69. The van der Waals surface area contributed by atoms with Crippen LogP contribution < -0.4 is 10.5 Å². The van der Waals surface area contributed by atoms with Crippen LogP contribution in [-0.4, -0.2) is 7.11 Å². The molecule has 2 rings (SSSR count). The van der Waals surface area contributed by atoms with Crippen LogP contribution in [0.15, 0.2) is 29.6 Å². The summed E-state index contributed by atoms with van der Waals surface area (Å²) in [6, 6.07) is 8.16. The summed E-state index contributed by atoms with van der Waals surface area (Å²) < 4.78 is 5.45. The van der Waals surface area contributed by atoms with Crippen LogP contribution >= 0.6 is 11.3 Å². The second kappa shape index (κ2) is 4.90. The molecule has 0 amide bonds. The molecule has 0 bridgehead atoms. The van der Waals surface area contributed by atoms with Gasteiger partial charge in [0.2, 0.25) is 0 Å². The van der Waals surface area contributed by atoms with E-state index < -0.39 is 0 Å². The summed E-state index contributed by atoms with van der Waals surface area (Å²) in [5, 5.41) is 2.05. The molecule has 1 aromatic heterocycles. The largest absolute Gasteiger partial charge is 0.496 e. The van der Waals surface area contributed by atoms with Crippen molar-refractivity contribution in [2.45, 2.75) is 19.9 Å². The summed E-state index contributed by atoms with van der Waals surface area (Å²) in [4.78, 5) is 1.16. The molecular formula is C14H17NOS. The normalized spacial score (nSPS) is 12.5. The first-order valence-electron chi connectivity index (χ1n) is 5.57. The Morgan fingerprint density at radius 2 is 2.06 bits per heavy atom. The number of benzene rings is 1. The van der Waals surface area contributed by atoms with Crippen molar-refractivity contribution in [1.82, 2.24) is 0 Å². The lowest BCUT2D eigenvalue weighted by Crippen LogP contribution is -2.13. The summed E-state index contributed by atoms with van der Waals surface area (Å²) in [6.07, 6.45) is 0. The summed E-state index contributed by atoms with van der Waals surface area (Å²) >= 11 is 1.68. The number of hydrogen-bond donors (Lipinski definition) is 1. The van der Waals surface area contributed by atoms with Crippen LogP contribution in [-0.2, 0) is 0 Å². The fourth-order valence-corrected chi connectivity index (χ4v) is 2.85. The third kappa shape index (κ3) is 2.35. The van der Waals surface area contributed by atoms with Crippen LogP contribution in [0.3, 0.4) is 0 Å². The molecule has 90 valence electrons. The Morgan fingerprint density at radius 1 is 1.29 bits per heavy atom. The van der Waals surface area contributed by atoms with Crippen molar-refractivity contribution < 1.29 is 4.74 Å². The van der Waals surface area contributed by atoms with Gasteiger partial charge in [0.25, 0.3) is 0 Å². The van der Waals surface area contributed by atoms with Gasteiger partial charge in [-0.1, -0.05) is 12.1 Å². The first-order valence-corrected chi connectivity index (χ1v) is 6.45. The summed E-state index contributed by atoms with van der Waals surface area (Å²) in [5.41, 5.74) is 9.78. The Balaban J connectivity index is 2.51. The summed E-state index contributed by atoms with van der Waals surface area (Å²) in [6.45, 7) is 4.15. The van der Waals surface area contributed by atoms with Crippen molar-refractivity contribution in [2.75, 3.05) is 7.11 Å². The maximum atomic E-state index is 6.32. The first-order chi connectivity index (χ1) is 8.13. The molecule has 0 aliphatic carbocycles. The Kier molecular flexibility index (Phi) is 3.50. The van der Waals surface area contributed by atoms with E-state index in [0.29, 0.717) is 0 Å². The van der Waals surface area contributed by atoms with Crippen LogP contribution in [0.4, 0.5) is 0 Å². The van der Waals surface area contributed by atoms with Crippen LogP contribution in [0.25, 0.3) is 0 Å². The monoisotopic (exact) mass is 247 g/mol. The van der Waals surface area contributed by atoms with Gasteiger partial charge in [0.05, 0.1) is 13.2 Å². The number of nitrogens with two attached hydrogens (primary N) is 1. The molecule has 2 aromatic rings. The molecule has 0 fully saturated rings. The number of rotatable bonds is 3. The van der Waals surface area contributed by atoms with E-state index in [4.69, 9.17) is 10.5 Å². The van der Waals surface area contributed by atoms with Gasteiger partial charge in [0.15, 0.2) is 0 Å². The van der Waals surface area contributed by atoms with Gasteiger partial charge < -0.3 is 10.5 Å². The van der Waals surface area contributed by atoms with Gasteiger partial charge in [-0.05, 0) is 42.5 Å². The number of thiophene rings is 1. The highest BCUT2D eigenvalue weighted by Crippen LogP contribution is 2.33. The van der Waals surface area contributed by atoms with E-state index >= 15 is 0 Å². The van der Waals surface area contributed by atoms with Crippen molar-refractivity contribution in [2.24, 2.45) is 5.73 Å². The molecule has 2 nitrogen and oxygen atoms in total. The van der Waals surface area contributed by atoms with E-state index in [1.54, 1.807) is 18.4 Å². The number of hydrogen-bond acceptors (Lipinski definition) is 3. The highest BCUT2D eigenvalue weighted by molar-refractivity contribution is 7.10. The molecule has 17 heavy (non-hydrogen) atoms. The molecule has 1 aromatic carbocycles. The van der Waals surface area contributed by atoms with Crippen LogP contribution in [0.2, 0.25) is 0 Å². The Hall–Kier alpha value is -1.32. The second-order valence-electron chi connectivity index (χ2n) is 4.19. The van der Waals surface area contributed by atoms with Gasteiger partial charge in [-0.15, -0.1) is 11.3 Å². The molecule has 2 N–H and O–H groups in total. The van der Waals surface area contributed by atoms with E-state index in [-0.39, 0.29) is 6.04 Å². The number of ether oxygens (including phenoxy) is 1. The lowest BCUT2D eigenvalue weighted by Gasteiger charge is -2.18. The minimum Gasteiger partial charge on any atom is -0.496 e. The Labute approximate surface area is 106 Å². The summed E-state index contributed by atoms with van der Waals surface area (Å²) in [5.74, 6) is 0.878. The number of aryl methyl sites for hydroxylation is 2. The van der Waals surface area contributed by atoms with Crippen molar-refractivity contribution in [3.05, 3.63) is 51.2 Å². The minimum absolute atomic E-state index is 0.106. The Morgan fingerprint density at radius 3 is 2.65 bits per heavy atom. The SMILES string of the molecule is COc1cc(C)cc(C)c1C(N)c1cccs1. The average Bonchev–Trinajstić information content (AvgIpc) is 2.80. The van der Waals surface area contributed by atoms with Gasteiger partial charge in [-0.2, -0.15) is 0 Å². The first kappa shape index (κ1) is 12.1. The lowest BCUT2D eigenvalue weighted by molar-refractivity contribution is 0.407. The van der Waals surface area contributed by atoms with E-state index in [1.807, 2.05) is 17.5 Å². The van der Waals surface area contributed by atoms with E-state index in [1.165, 1.54) is 11.1 Å². The third-order valence-electron chi connectivity index (χ3n) is 2.87. The minimum atomic E-state index is -0.106. The Bertz CT molecular complexity index is 505. The van der Waals surface area contributed by atoms with Crippen LogP contribution in [0, 0.1) is 13.8 Å². The zero-order chi connectivity index (χ0) is 12.4. The quantitative estimate of drug-likeness (QED) is 0.902. The fraction of sp³-hybridized carbons (Fsp3) is 0.286. The molecular weight excluding hydrogens is 230 g/mol. The van der Waals surface area contributed by atoms with Gasteiger partial charge in [-0.3, -0.25) is 0 Å². The van der Waals surface area contributed by atoms with E-state index in [2.05, 4.69) is 26.0 Å². The van der Waals surface area contributed by atoms with Crippen molar-refractivity contribution in [3.63, 3.8) is 0 Å². The second-order valence-corrected chi connectivity index (χ2v) is 5.17. The van der Waals surface area contributed by atoms with Gasteiger partial charge in [0, 0.05) is 10.4 Å². The van der Waals surface area contributed by atoms with Gasteiger partial charge >= 0.3 is 0 Å².